The third kappa shape index (κ3) is 5.28. The molecule has 0 radical (unpaired) electrons. The van der Waals surface area contributed by atoms with E-state index in [4.69, 9.17) is 9.47 Å². The Morgan fingerprint density at radius 2 is 1.97 bits per heavy atom. The summed E-state index contributed by atoms with van der Waals surface area (Å²) < 4.78 is 38.1. The molecule has 3 rings (SSSR count). The van der Waals surface area contributed by atoms with E-state index in [1.165, 1.54) is 12.1 Å². The van der Waals surface area contributed by atoms with Crippen molar-refractivity contribution >= 4 is 11.9 Å². The fourth-order valence-corrected chi connectivity index (χ4v) is 4.11. The predicted molar refractivity (Wildman–Crippen MR) is 108 cm³/mol. The lowest BCUT2D eigenvalue weighted by Gasteiger charge is -2.41. The number of ether oxygens (including phenoxy) is 2. The van der Waals surface area contributed by atoms with E-state index in [1.54, 1.807) is 20.0 Å². The van der Waals surface area contributed by atoms with Crippen molar-refractivity contribution in [2.45, 2.75) is 39.7 Å². The maximum Gasteiger partial charge on any atom is 0.356 e. The van der Waals surface area contributed by atoms with Crippen molar-refractivity contribution in [1.29, 1.82) is 0 Å². The van der Waals surface area contributed by atoms with Gasteiger partial charge in [0.05, 0.1) is 24.8 Å². The molecule has 168 valence electrons. The van der Waals surface area contributed by atoms with Crippen LogP contribution >= 0.6 is 0 Å². The van der Waals surface area contributed by atoms with Crippen LogP contribution < -0.4 is 0 Å². The van der Waals surface area contributed by atoms with Crippen LogP contribution in [-0.2, 0) is 27.2 Å². The number of carbonyl (C=O) groups is 2. The highest BCUT2D eigenvalue weighted by Gasteiger charge is 2.44. The fraction of sp³-hybridized carbons (Fsp3) is 0.500. The second kappa shape index (κ2) is 10.00. The summed E-state index contributed by atoms with van der Waals surface area (Å²) >= 11 is 0. The Labute approximate surface area is 179 Å². The number of nitrogens with zero attached hydrogens (tertiary/aromatic N) is 2. The van der Waals surface area contributed by atoms with Crippen LogP contribution in [0.15, 0.2) is 24.4 Å². The van der Waals surface area contributed by atoms with Gasteiger partial charge in [-0.25, -0.2) is 13.6 Å². The van der Waals surface area contributed by atoms with E-state index in [-0.39, 0.29) is 30.9 Å². The van der Waals surface area contributed by atoms with Gasteiger partial charge in [-0.05, 0) is 51.3 Å². The van der Waals surface area contributed by atoms with Crippen molar-refractivity contribution in [3.8, 4) is 0 Å². The first-order chi connectivity index (χ1) is 14.9. The smallest absolute Gasteiger partial charge is 0.356 e. The number of H-pyrrole nitrogens is 1. The van der Waals surface area contributed by atoms with Gasteiger partial charge in [-0.3, -0.25) is 14.8 Å². The zero-order valence-corrected chi connectivity index (χ0v) is 17.7. The number of nitrogens with one attached hydrogen (secondary N) is 1. The quantitative estimate of drug-likeness (QED) is 0.641. The van der Waals surface area contributed by atoms with Crippen LogP contribution in [0.3, 0.4) is 0 Å². The van der Waals surface area contributed by atoms with Crippen LogP contribution in [0.2, 0.25) is 0 Å². The van der Waals surface area contributed by atoms with Crippen LogP contribution in [-0.4, -0.2) is 53.3 Å². The van der Waals surface area contributed by atoms with Crippen molar-refractivity contribution in [2.24, 2.45) is 5.41 Å². The van der Waals surface area contributed by atoms with E-state index in [0.717, 1.165) is 6.07 Å². The Kier molecular flexibility index (Phi) is 7.37. The number of rotatable bonds is 8. The molecule has 1 saturated heterocycles. The summed E-state index contributed by atoms with van der Waals surface area (Å²) in [5.41, 5.74) is 0.234. The molecule has 2 heterocycles. The van der Waals surface area contributed by atoms with E-state index in [2.05, 4.69) is 10.2 Å². The number of benzene rings is 1. The maximum atomic E-state index is 14.4. The molecular formula is C22H27F2N3O4. The van der Waals surface area contributed by atoms with E-state index in [1.807, 2.05) is 4.90 Å². The van der Waals surface area contributed by atoms with Crippen LogP contribution in [0.4, 0.5) is 8.78 Å². The number of likely N-dealkylation sites (tertiary alicyclic amines) is 1. The second-order valence-corrected chi connectivity index (χ2v) is 7.72. The van der Waals surface area contributed by atoms with Gasteiger partial charge in [-0.2, -0.15) is 5.10 Å². The van der Waals surface area contributed by atoms with Crippen molar-refractivity contribution < 1.29 is 27.8 Å². The Balaban J connectivity index is 1.83. The Bertz CT molecular complexity index is 933. The Hall–Kier alpha value is -2.81. The largest absolute Gasteiger partial charge is 0.466 e. The summed E-state index contributed by atoms with van der Waals surface area (Å²) in [7, 11) is 0. The molecule has 1 atom stereocenters. The van der Waals surface area contributed by atoms with Crippen molar-refractivity contribution in [3.05, 3.63) is 52.9 Å². The molecule has 0 spiro atoms. The SMILES string of the molecule is CCOC(=O)c1[nH]ncc1CN1CCC[C@](Cc2ccc(F)cc2F)(C(=O)OCC)C1. The van der Waals surface area contributed by atoms with E-state index in [9.17, 15) is 18.4 Å². The van der Waals surface area contributed by atoms with Gasteiger partial charge < -0.3 is 9.47 Å². The number of carbonyl (C=O) groups excluding carboxylic acids is 2. The minimum Gasteiger partial charge on any atom is -0.466 e. The zero-order valence-electron chi connectivity index (χ0n) is 17.7. The normalized spacial score (nSPS) is 19.2. The first-order valence-corrected chi connectivity index (χ1v) is 10.4. The summed E-state index contributed by atoms with van der Waals surface area (Å²) in [6, 6.07) is 3.39. The average molecular weight is 435 g/mol. The molecular weight excluding hydrogens is 408 g/mol. The zero-order chi connectivity index (χ0) is 22.4. The topological polar surface area (TPSA) is 84.5 Å². The van der Waals surface area contributed by atoms with Gasteiger partial charge in [0, 0.05) is 24.7 Å². The number of aromatic nitrogens is 2. The van der Waals surface area contributed by atoms with Gasteiger partial charge in [0.25, 0.3) is 0 Å². The van der Waals surface area contributed by atoms with Crippen molar-refractivity contribution in [2.75, 3.05) is 26.3 Å². The molecule has 1 N–H and O–H groups in total. The molecule has 2 aromatic rings. The molecule has 7 nitrogen and oxygen atoms in total. The molecule has 1 aromatic carbocycles. The van der Waals surface area contributed by atoms with Crippen LogP contribution in [0.5, 0.6) is 0 Å². The summed E-state index contributed by atoms with van der Waals surface area (Å²) in [6.45, 7) is 5.29. The highest BCUT2D eigenvalue weighted by molar-refractivity contribution is 5.88. The van der Waals surface area contributed by atoms with Crippen molar-refractivity contribution in [1.82, 2.24) is 15.1 Å². The minimum atomic E-state index is -0.971. The lowest BCUT2D eigenvalue weighted by molar-refractivity contribution is -0.159. The molecule has 1 aliphatic heterocycles. The average Bonchev–Trinajstić information content (AvgIpc) is 3.19. The summed E-state index contributed by atoms with van der Waals surface area (Å²) in [6.07, 6.45) is 2.88. The van der Waals surface area contributed by atoms with E-state index < -0.39 is 29.0 Å². The predicted octanol–water partition coefficient (Wildman–Crippen LogP) is 3.25. The highest BCUT2D eigenvalue weighted by Crippen LogP contribution is 2.36. The van der Waals surface area contributed by atoms with E-state index in [0.29, 0.717) is 38.0 Å². The van der Waals surface area contributed by atoms with Gasteiger partial charge in [-0.15, -0.1) is 0 Å². The standard InChI is InChI=1S/C22H27F2N3O4/c1-3-30-20(28)19-16(12-25-26-19)13-27-9-5-8-22(14-27,21(29)31-4-2)11-15-6-7-17(23)10-18(15)24/h6-7,10,12H,3-5,8-9,11,13-14H2,1-2H3,(H,25,26)/t22-/m1/s1. The minimum absolute atomic E-state index is 0.102. The van der Waals surface area contributed by atoms with Crippen molar-refractivity contribution in [3.63, 3.8) is 0 Å². The number of halogens is 2. The second-order valence-electron chi connectivity index (χ2n) is 7.72. The third-order valence-electron chi connectivity index (χ3n) is 5.50. The number of hydrogen-bond donors (Lipinski definition) is 1. The molecule has 1 aromatic heterocycles. The number of esters is 2. The molecule has 9 heteroatoms. The molecule has 0 bridgehead atoms. The van der Waals surface area contributed by atoms with E-state index >= 15 is 0 Å². The molecule has 0 amide bonds. The Morgan fingerprint density at radius 3 is 2.68 bits per heavy atom. The molecule has 31 heavy (non-hydrogen) atoms. The molecule has 1 fully saturated rings. The molecule has 1 aliphatic rings. The first kappa shape index (κ1) is 22.9. The van der Waals surface area contributed by atoms with Gasteiger partial charge in [0.15, 0.2) is 0 Å². The summed E-state index contributed by atoms with van der Waals surface area (Å²) in [5.74, 6) is -2.23. The molecule has 0 aliphatic carbocycles. The van der Waals surface area contributed by atoms with Crippen LogP contribution in [0.25, 0.3) is 0 Å². The van der Waals surface area contributed by atoms with Crippen LogP contribution in [0, 0.1) is 17.0 Å². The summed E-state index contributed by atoms with van der Waals surface area (Å²) in [4.78, 5) is 27.1. The highest BCUT2D eigenvalue weighted by atomic mass is 19.1. The molecule has 0 unspecified atom stereocenters. The maximum absolute atomic E-state index is 14.4. The lowest BCUT2D eigenvalue weighted by Crippen LogP contribution is -2.49. The number of hydrogen-bond acceptors (Lipinski definition) is 6. The summed E-state index contributed by atoms with van der Waals surface area (Å²) in [5, 5.41) is 6.62. The third-order valence-corrected chi connectivity index (χ3v) is 5.50. The van der Waals surface area contributed by atoms with Gasteiger partial charge in [0.1, 0.15) is 17.3 Å². The Morgan fingerprint density at radius 1 is 1.19 bits per heavy atom. The molecule has 0 saturated carbocycles. The fourth-order valence-electron chi connectivity index (χ4n) is 4.11. The number of aromatic amines is 1. The van der Waals surface area contributed by atoms with Gasteiger partial charge in [0.2, 0.25) is 0 Å². The van der Waals surface area contributed by atoms with Gasteiger partial charge in [-0.1, -0.05) is 6.07 Å². The van der Waals surface area contributed by atoms with Gasteiger partial charge >= 0.3 is 11.9 Å². The monoisotopic (exact) mass is 435 g/mol. The first-order valence-electron chi connectivity index (χ1n) is 10.4. The van der Waals surface area contributed by atoms with Crippen LogP contribution in [0.1, 0.15) is 48.3 Å². The lowest BCUT2D eigenvalue weighted by atomic mass is 9.74. The number of piperidine rings is 1.